The van der Waals surface area contributed by atoms with Crippen LogP contribution >= 0.6 is 0 Å². The van der Waals surface area contributed by atoms with Crippen molar-refractivity contribution in [2.24, 2.45) is 5.41 Å². The first-order valence-electron chi connectivity index (χ1n) is 6.52. The van der Waals surface area contributed by atoms with Gasteiger partial charge < -0.3 is 9.84 Å². The first-order valence-corrected chi connectivity index (χ1v) is 6.52. The van der Waals surface area contributed by atoms with E-state index in [1.165, 1.54) is 0 Å². The van der Waals surface area contributed by atoms with E-state index in [1.54, 1.807) is 0 Å². The summed E-state index contributed by atoms with van der Waals surface area (Å²) in [7, 11) is 0. The Kier molecular flexibility index (Phi) is 5.49. The second kappa shape index (κ2) is 6.65. The summed E-state index contributed by atoms with van der Waals surface area (Å²) in [6.45, 7) is 6.37. The Morgan fingerprint density at radius 2 is 1.88 bits per heavy atom. The highest BCUT2D eigenvalue weighted by Crippen LogP contribution is 2.33. The molecule has 2 unspecified atom stereocenters. The van der Waals surface area contributed by atoms with Gasteiger partial charge in [0.2, 0.25) is 6.29 Å². The average molecular weight is 236 g/mol. The van der Waals surface area contributed by atoms with E-state index in [2.05, 4.69) is 20.8 Å². The van der Waals surface area contributed by atoms with Gasteiger partial charge in [-0.2, -0.15) is 0 Å². The molecule has 0 aliphatic heterocycles. The number of ether oxygens (including phenoxy) is 1. The molecule has 0 radical (unpaired) electrons. The van der Waals surface area contributed by atoms with Crippen molar-refractivity contribution in [3.63, 3.8) is 0 Å². The van der Waals surface area contributed by atoms with Crippen molar-refractivity contribution in [1.82, 2.24) is 0 Å². The predicted octanol–water partition coefficient (Wildman–Crippen LogP) is 3.99. The van der Waals surface area contributed by atoms with E-state index in [-0.39, 0.29) is 5.41 Å². The second-order valence-electron chi connectivity index (χ2n) is 4.89. The van der Waals surface area contributed by atoms with Gasteiger partial charge in [-0.25, -0.2) is 0 Å². The summed E-state index contributed by atoms with van der Waals surface area (Å²) >= 11 is 0. The molecule has 0 fully saturated rings. The summed E-state index contributed by atoms with van der Waals surface area (Å²) in [5, 5.41) is 10.2. The van der Waals surface area contributed by atoms with Gasteiger partial charge in [0.05, 0.1) is 0 Å². The summed E-state index contributed by atoms with van der Waals surface area (Å²) in [6, 6.07) is 9.52. The Labute approximate surface area is 105 Å². The quantitative estimate of drug-likeness (QED) is 0.725. The number of hydrogen-bond acceptors (Lipinski definition) is 2. The number of rotatable bonds is 7. The Bertz CT molecular complexity index is 310. The highest BCUT2D eigenvalue weighted by atomic mass is 16.6. The Balaban J connectivity index is 2.63. The smallest absolute Gasteiger partial charge is 0.202 e. The molecule has 0 bridgehead atoms. The largest absolute Gasteiger partial charge is 0.465 e. The van der Waals surface area contributed by atoms with Crippen LogP contribution in [0.15, 0.2) is 30.3 Å². The van der Waals surface area contributed by atoms with Crippen LogP contribution in [0.3, 0.4) is 0 Å². The average Bonchev–Trinajstić information content (AvgIpc) is 2.37. The molecule has 0 heterocycles. The van der Waals surface area contributed by atoms with Crippen LogP contribution in [0.25, 0.3) is 0 Å². The van der Waals surface area contributed by atoms with Crippen LogP contribution in [0.1, 0.15) is 46.5 Å². The summed E-state index contributed by atoms with van der Waals surface area (Å²) < 4.78 is 5.62. The van der Waals surface area contributed by atoms with Crippen molar-refractivity contribution in [1.29, 1.82) is 0 Å². The van der Waals surface area contributed by atoms with Crippen LogP contribution in [0.5, 0.6) is 5.75 Å². The first kappa shape index (κ1) is 14.0. The molecule has 2 nitrogen and oxygen atoms in total. The van der Waals surface area contributed by atoms with Gasteiger partial charge in [-0.3, -0.25) is 0 Å². The minimum absolute atomic E-state index is 0.161. The molecule has 2 heteroatoms. The highest BCUT2D eigenvalue weighted by Gasteiger charge is 2.32. The highest BCUT2D eigenvalue weighted by molar-refractivity contribution is 5.21. The van der Waals surface area contributed by atoms with Gasteiger partial charge in [0.15, 0.2) is 0 Å². The number of para-hydroxylation sites is 1. The van der Waals surface area contributed by atoms with E-state index in [9.17, 15) is 5.11 Å². The molecule has 1 aromatic rings. The van der Waals surface area contributed by atoms with Gasteiger partial charge >= 0.3 is 0 Å². The number of benzene rings is 1. The van der Waals surface area contributed by atoms with Gasteiger partial charge in [-0.05, 0) is 25.0 Å². The van der Waals surface area contributed by atoms with Crippen molar-refractivity contribution in [3.05, 3.63) is 30.3 Å². The zero-order chi connectivity index (χ0) is 12.7. The fourth-order valence-electron chi connectivity index (χ4n) is 1.83. The molecular weight excluding hydrogens is 212 g/mol. The SMILES string of the molecule is CCCCC(C)(CC)C(O)Oc1ccccc1. The van der Waals surface area contributed by atoms with E-state index in [0.29, 0.717) is 0 Å². The summed E-state index contributed by atoms with van der Waals surface area (Å²) in [6.07, 6.45) is 3.45. The lowest BCUT2D eigenvalue weighted by molar-refractivity contribution is -0.114. The van der Waals surface area contributed by atoms with Crippen molar-refractivity contribution in [3.8, 4) is 5.75 Å². The van der Waals surface area contributed by atoms with E-state index in [0.717, 1.165) is 31.4 Å². The topological polar surface area (TPSA) is 29.5 Å². The third-order valence-electron chi connectivity index (χ3n) is 3.50. The molecule has 0 aliphatic carbocycles. The number of hydrogen-bond donors (Lipinski definition) is 1. The van der Waals surface area contributed by atoms with Crippen LogP contribution < -0.4 is 4.74 Å². The fourth-order valence-corrected chi connectivity index (χ4v) is 1.83. The normalized spacial score (nSPS) is 16.2. The number of unbranched alkanes of at least 4 members (excludes halogenated alkanes) is 1. The van der Waals surface area contributed by atoms with Gasteiger partial charge in [0.25, 0.3) is 0 Å². The summed E-state index contributed by atoms with van der Waals surface area (Å²) in [4.78, 5) is 0. The number of aliphatic hydroxyl groups is 1. The van der Waals surface area contributed by atoms with Crippen LogP contribution in [0.4, 0.5) is 0 Å². The lowest BCUT2D eigenvalue weighted by Gasteiger charge is -2.33. The molecule has 0 aliphatic rings. The third-order valence-corrected chi connectivity index (χ3v) is 3.50. The Hall–Kier alpha value is -1.02. The summed E-state index contributed by atoms with van der Waals surface area (Å²) in [5.41, 5.74) is -0.161. The van der Waals surface area contributed by atoms with Gasteiger partial charge in [-0.15, -0.1) is 0 Å². The van der Waals surface area contributed by atoms with E-state index in [4.69, 9.17) is 4.74 Å². The lowest BCUT2D eigenvalue weighted by Crippen LogP contribution is -2.36. The maximum absolute atomic E-state index is 10.2. The van der Waals surface area contributed by atoms with E-state index < -0.39 is 6.29 Å². The van der Waals surface area contributed by atoms with Crippen molar-refractivity contribution >= 4 is 0 Å². The van der Waals surface area contributed by atoms with Gasteiger partial charge in [0.1, 0.15) is 5.75 Å². The molecular formula is C15H24O2. The predicted molar refractivity (Wildman–Crippen MR) is 71.0 cm³/mol. The van der Waals surface area contributed by atoms with Crippen molar-refractivity contribution < 1.29 is 9.84 Å². The lowest BCUT2D eigenvalue weighted by atomic mass is 9.81. The third kappa shape index (κ3) is 4.04. The molecule has 0 spiro atoms. The molecule has 0 saturated heterocycles. The number of aliphatic hydroxyl groups excluding tert-OH is 1. The minimum Gasteiger partial charge on any atom is -0.465 e. The molecule has 96 valence electrons. The zero-order valence-electron chi connectivity index (χ0n) is 11.1. The minimum atomic E-state index is -0.735. The molecule has 1 rings (SSSR count). The zero-order valence-corrected chi connectivity index (χ0v) is 11.1. The molecule has 0 saturated carbocycles. The second-order valence-corrected chi connectivity index (χ2v) is 4.89. The first-order chi connectivity index (χ1) is 8.12. The molecule has 0 amide bonds. The van der Waals surface area contributed by atoms with Gasteiger partial charge in [-0.1, -0.05) is 51.8 Å². The van der Waals surface area contributed by atoms with E-state index >= 15 is 0 Å². The van der Waals surface area contributed by atoms with Crippen molar-refractivity contribution in [2.45, 2.75) is 52.7 Å². The van der Waals surface area contributed by atoms with Crippen molar-refractivity contribution in [2.75, 3.05) is 0 Å². The van der Waals surface area contributed by atoms with E-state index in [1.807, 2.05) is 30.3 Å². The Morgan fingerprint density at radius 3 is 2.41 bits per heavy atom. The van der Waals surface area contributed by atoms with Crippen LogP contribution in [0.2, 0.25) is 0 Å². The maximum atomic E-state index is 10.2. The Morgan fingerprint density at radius 1 is 1.24 bits per heavy atom. The molecule has 2 atom stereocenters. The monoisotopic (exact) mass is 236 g/mol. The standard InChI is InChI=1S/C15H24O2/c1-4-6-12-15(3,5-2)14(16)17-13-10-8-7-9-11-13/h7-11,14,16H,4-6,12H2,1-3H3. The van der Waals surface area contributed by atoms with Crippen LogP contribution in [-0.4, -0.2) is 11.4 Å². The summed E-state index contributed by atoms with van der Waals surface area (Å²) in [5.74, 6) is 0.733. The molecule has 17 heavy (non-hydrogen) atoms. The maximum Gasteiger partial charge on any atom is 0.202 e. The fraction of sp³-hybridized carbons (Fsp3) is 0.600. The van der Waals surface area contributed by atoms with Gasteiger partial charge in [0, 0.05) is 5.41 Å². The molecule has 0 aromatic heterocycles. The van der Waals surface area contributed by atoms with Crippen LogP contribution in [0, 0.1) is 5.41 Å². The molecule has 1 N–H and O–H groups in total. The molecule has 1 aromatic carbocycles. The van der Waals surface area contributed by atoms with Crippen LogP contribution in [-0.2, 0) is 0 Å².